The monoisotopic (exact) mass is 313 g/mol. The largest absolute Gasteiger partial charge is 0.496 e. The van der Waals surface area contributed by atoms with Gasteiger partial charge in [-0.25, -0.2) is 0 Å². The van der Waals surface area contributed by atoms with Crippen molar-refractivity contribution < 1.29 is 9.66 Å². The van der Waals surface area contributed by atoms with Gasteiger partial charge in [-0.3, -0.25) is 15.0 Å². The minimum Gasteiger partial charge on any atom is -0.496 e. The van der Waals surface area contributed by atoms with Crippen molar-refractivity contribution >= 4 is 5.69 Å². The van der Waals surface area contributed by atoms with Gasteiger partial charge in [0.15, 0.2) is 0 Å². The molecule has 3 rings (SSSR count). The van der Waals surface area contributed by atoms with Gasteiger partial charge in [0.1, 0.15) is 5.75 Å². The smallest absolute Gasteiger partial charge is 0.270 e. The van der Waals surface area contributed by atoms with Crippen LogP contribution in [0, 0.1) is 10.1 Å². The Bertz CT molecular complexity index is 712. The summed E-state index contributed by atoms with van der Waals surface area (Å²) in [5, 5.41) is 14.3. The van der Waals surface area contributed by atoms with Crippen LogP contribution in [0.4, 0.5) is 5.69 Å². The van der Waals surface area contributed by atoms with Crippen LogP contribution in [0.15, 0.2) is 42.5 Å². The lowest BCUT2D eigenvalue weighted by Gasteiger charge is -2.16. The van der Waals surface area contributed by atoms with Crippen molar-refractivity contribution in [2.24, 2.45) is 0 Å². The second kappa shape index (κ2) is 6.76. The van der Waals surface area contributed by atoms with Crippen LogP contribution in [0.1, 0.15) is 5.56 Å². The highest BCUT2D eigenvalue weighted by Gasteiger charge is 2.14. The highest BCUT2D eigenvalue weighted by molar-refractivity contribution is 5.73. The van der Waals surface area contributed by atoms with Crippen molar-refractivity contribution in [1.82, 2.24) is 10.2 Å². The lowest BCUT2D eigenvalue weighted by molar-refractivity contribution is -0.384. The van der Waals surface area contributed by atoms with Gasteiger partial charge in [-0.05, 0) is 23.3 Å². The number of non-ortho nitro benzene ring substituents is 1. The van der Waals surface area contributed by atoms with Crippen LogP contribution in [0.25, 0.3) is 11.1 Å². The van der Waals surface area contributed by atoms with E-state index in [9.17, 15) is 10.1 Å². The Morgan fingerprint density at radius 3 is 2.87 bits per heavy atom. The summed E-state index contributed by atoms with van der Waals surface area (Å²) >= 11 is 0. The summed E-state index contributed by atoms with van der Waals surface area (Å²) in [4.78, 5) is 12.9. The van der Waals surface area contributed by atoms with Gasteiger partial charge in [0.05, 0.1) is 12.0 Å². The molecule has 1 N–H and O–H groups in total. The number of methoxy groups -OCH3 is 1. The third kappa shape index (κ3) is 3.49. The fourth-order valence-corrected chi connectivity index (χ4v) is 2.81. The highest BCUT2D eigenvalue weighted by Crippen LogP contribution is 2.33. The summed E-state index contributed by atoms with van der Waals surface area (Å²) in [6, 6.07) is 12.7. The summed E-state index contributed by atoms with van der Waals surface area (Å²) in [6.45, 7) is 3.77. The van der Waals surface area contributed by atoms with Crippen LogP contribution in [0.2, 0.25) is 0 Å². The van der Waals surface area contributed by atoms with Crippen LogP contribution >= 0.6 is 0 Å². The molecule has 2 aromatic carbocycles. The van der Waals surface area contributed by atoms with Crippen LogP contribution < -0.4 is 10.1 Å². The highest BCUT2D eigenvalue weighted by atomic mass is 16.6. The average Bonchev–Trinajstić information content (AvgIpc) is 3.08. The molecule has 23 heavy (non-hydrogen) atoms. The quantitative estimate of drug-likeness (QED) is 0.679. The first kappa shape index (κ1) is 15.5. The molecule has 0 spiro atoms. The molecule has 6 heteroatoms. The van der Waals surface area contributed by atoms with E-state index in [4.69, 9.17) is 4.74 Å². The van der Waals surface area contributed by atoms with Crippen LogP contribution in [0.5, 0.6) is 5.75 Å². The van der Waals surface area contributed by atoms with Crippen LogP contribution in [-0.4, -0.2) is 36.7 Å². The zero-order chi connectivity index (χ0) is 16.2. The van der Waals surface area contributed by atoms with Crippen molar-refractivity contribution in [3.05, 3.63) is 58.1 Å². The fourth-order valence-electron chi connectivity index (χ4n) is 2.81. The van der Waals surface area contributed by atoms with Crippen molar-refractivity contribution in [2.75, 3.05) is 26.9 Å². The van der Waals surface area contributed by atoms with E-state index in [-0.39, 0.29) is 10.6 Å². The number of nitro benzene ring substituents is 1. The van der Waals surface area contributed by atoms with Gasteiger partial charge in [0, 0.05) is 44.0 Å². The van der Waals surface area contributed by atoms with Crippen molar-refractivity contribution in [3.63, 3.8) is 0 Å². The predicted octanol–water partition coefficient (Wildman–Crippen LogP) is 2.63. The molecule has 1 saturated heterocycles. The summed E-state index contributed by atoms with van der Waals surface area (Å²) in [5.74, 6) is 0.716. The van der Waals surface area contributed by atoms with Crippen LogP contribution in [-0.2, 0) is 6.54 Å². The standard InChI is InChI=1S/C17H19N3O3/c1-23-17-6-5-13(11-19-8-7-18-12-19)9-16(17)14-3-2-4-15(10-14)20(21)22/h2-6,9-10,18H,7-8,11-12H2,1H3. The maximum Gasteiger partial charge on any atom is 0.270 e. The molecule has 1 fully saturated rings. The van der Waals surface area contributed by atoms with E-state index in [1.807, 2.05) is 18.2 Å². The molecule has 120 valence electrons. The van der Waals surface area contributed by atoms with E-state index in [2.05, 4.69) is 16.3 Å². The van der Waals surface area contributed by atoms with E-state index in [0.717, 1.165) is 43.0 Å². The number of ether oxygens (including phenoxy) is 1. The van der Waals surface area contributed by atoms with Gasteiger partial charge >= 0.3 is 0 Å². The normalized spacial score (nSPS) is 14.8. The van der Waals surface area contributed by atoms with E-state index in [1.165, 1.54) is 6.07 Å². The van der Waals surface area contributed by atoms with Gasteiger partial charge in [0.2, 0.25) is 0 Å². The number of nitrogens with zero attached hydrogens (tertiary/aromatic N) is 2. The molecule has 6 nitrogen and oxygen atoms in total. The molecule has 0 aliphatic carbocycles. The number of hydrogen-bond acceptors (Lipinski definition) is 5. The topological polar surface area (TPSA) is 67.6 Å². The Morgan fingerprint density at radius 1 is 1.30 bits per heavy atom. The third-order valence-electron chi connectivity index (χ3n) is 3.98. The van der Waals surface area contributed by atoms with E-state index in [1.54, 1.807) is 19.2 Å². The van der Waals surface area contributed by atoms with Gasteiger partial charge in [-0.15, -0.1) is 0 Å². The molecule has 1 aliphatic heterocycles. The molecule has 0 atom stereocenters. The van der Waals surface area contributed by atoms with Crippen molar-refractivity contribution in [1.29, 1.82) is 0 Å². The summed E-state index contributed by atoms with van der Waals surface area (Å²) in [5.41, 5.74) is 2.91. The first-order valence-electron chi connectivity index (χ1n) is 7.52. The number of nitrogens with one attached hydrogen (secondary N) is 1. The molecular formula is C17H19N3O3. The zero-order valence-corrected chi connectivity index (χ0v) is 13.0. The van der Waals surface area contributed by atoms with E-state index in [0.29, 0.717) is 5.75 Å². The lowest BCUT2D eigenvalue weighted by atomic mass is 10.0. The molecule has 1 aliphatic rings. The maximum absolute atomic E-state index is 11.0. The fraction of sp³-hybridized carbons (Fsp3) is 0.294. The molecule has 0 amide bonds. The van der Waals surface area contributed by atoms with Crippen molar-refractivity contribution in [2.45, 2.75) is 6.54 Å². The number of rotatable bonds is 5. The second-order valence-corrected chi connectivity index (χ2v) is 5.55. The average molecular weight is 313 g/mol. The molecule has 2 aromatic rings. The predicted molar refractivity (Wildman–Crippen MR) is 88.4 cm³/mol. The van der Waals surface area contributed by atoms with Gasteiger partial charge in [-0.1, -0.05) is 18.2 Å². The maximum atomic E-state index is 11.0. The molecule has 0 aromatic heterocycles. The Balaban J connectivity index is 1.95. The van der Waals surface area contributed by atoms with Gasteiger partial charge in [-0.2, -0.15) is 0 Å². The molecule has 0 unspecified atom stereocenters. The first-order valence-corrected chi connectivity index (χ1v) is 7.52. The van der Waals surface area contributed by atoms with E-state index >= 15 is 0 Å². The Kier molecular flexibility index (Phi) is 4.55. The molecule has 0 saturated carbocycles. The van der Waals surface area contributed by atoms with Crippen LogP contribution in [0.3, 0.4) is 0 Å². The number of benzene rings is 2. The molecular weight excluding hydrogens is 294 g/mol. The molecule has 0 radical (unpaired) electrons. The minimum atomic E-state index is -0.379. The molecule has 0 bridgehead atoms. The summed E-state index contributed by atoms with van der Waals surface area (Å²) in [7, 11) is 1.61. The first-order chi connectivity index (χ1) is 11.2. The minimum absolute atomic E-state index is 0.0821. The lowest BCUT2D eigenvalue weighted by Crippen LogP contribution is -2.21. The Hall–Kier alpha value is -2.44. The Labute approximate surface area is 134 Å². The summed E-state index contributed by atoms with van der Waals surface area (Å²) in [6.07, 6.45) is 0. The van der Waals surface area contributed by atoms with Crippen molar-refractivity contribution in [3.8, 4) is 16.9 Å². The zero-order valence-electron chi connectivity index (χ0n) is 13.0. The van der Waals surface area contributed by atoms with Gasteiger partial charge in [0.25, 0.3) is 5.69 Å². The second-order valence-electron chi connectivity index (χ2n) is 5.55. The number of hydrogen-bond donors (Lipinski definition) is 1. The third-order valence-corrected chi connectivity index (χ3v) is 3.98. The van der Waals surface area contributed by atoms with Gasteiger partial charge < -0.3 is 10.1 Å². The SMILES string of the molecule is COc1ccc(CN2CCNC2)cc1-c1cccc([N+](=O)[O-])c1. The van der Waals surface area contributed by atoms with E-state index < -0.39 is 0 Å². The number of nitro groups is 1. The summed E-state index contributed by atoms with van der Waals surface area (Å²) < 4.78 is 5.43. The Morgan fingerprint density at radius 2 is 2.17 bits per heavy atom. The molecule has 1 heterocycles.